The number of nitrogens with two attached hydrogens (primary N) is 2. The molecule has 2 atom stereocenters. The number of hydrogen-bond donors (Lipinski definition) is 2. The maximum absolute atomic E-state index is 12.5. The van der Waals surface area contributed by atoms with Gasteiger partial charge in [-0.05, 0) is 31.1 Å². The summed E-state index contributed by atoms with van der Waals surface area (Å²) in [6.45, 7) is 3.87. The quantitative estimate of drug-likeness (QED) is 0.728. The molecule has 2 fully saturated rings. The molecule has 0 spiro atoms. The molecule has 2 aliphatic heterocycles. The van der Waals surface area contributed by atoms with E-state index < -0.39 is 18.0 Å². The molecular formula is C13H23N3O3. The number of carbonyl (C=O) groups excluding carboxylic acids is 2. The van der Waals surface area contributed by atoms with E-state index in [-0.39, 0.29) is 11.3 Å². The molecule has 0 aromatic carbocycles. The minimum atomic E-state index is -0.587. The summed E-state index contributed by atoms with van der Waals surface area (Å²) < 4.78 is 5.33. The van der Waals surface area contributed by atoms with Gasteiger partial charge in [0.2, 0.25) is 11.8 Å². The maximum Gasteiger partial charge on any atom is 0.240 e. The van der Waals surface area contributed by atoms with Gasteiger partial charge < -0.3 is 21.1 Å². The number of ether oxygens (including phenoxy) is 1. The van der Waals surface area contributed by atoms with Crippen molar-refractivity contribution in [2.45, 2.75) is 44.7 Å². The summed E-state index contributed by atoms with van der Waals surface area (Å²) in [6, 6.07) is -1.07. The van der Waals surface area contributed by atoms with E-state index in [0.717, 1.165) is 19.3 Å². The standard InChI is InChI=1S/C13H23N3O3/c1-13(4-7-19-8-5-13)10(14)12(18)16-6-2-3-9(16)11(15)17/h9-10H,2-8,14H2,1H3,(H2,15,17). The van der Waals surface area contributed by atoms with E-state index in [1.165, 1.54) is 0 Å². The van der Waals surface area contributed by atoms with E-state index >= 15 is 0 Å². The highest BCUT2D eigenvalue weighted by Crippen LogP contribution is 2.34. The Bertz CT molecular complexity index is 366. The Kier molecular flexibility index (Phi) is 4.10. The molecule has 19 heavy (non-hydrogen) atoms. The van der Waals surface area contributed by atoms with Crippen molar-refractivity contribution in [1.82, 2.24) is 4.90 Å². The van der Waals surface area contributed by atoms with Crippen LogP contribution in [0.5, 0.6) is 0 Å². The van der Waals surface area contributed by atoms with Crippen molar-refractivity contribution in [3.05, 3.63) is 0 Å². The van der Waals surface area contributed by atoms with Crippen LogP contribution in [0.15, 0.2) is 0 Å². The first-order chi connectivity index (χ1) is 8.96. The van der Waals surface area contributed by atoms with Crippen LogP contribution < -0.4 is 11.5 Å². The fourth-order valence-electron chi connectivity index (χ4n) is 2.95. The minimum absolute atomic E-state index is 0.147. The molecule has 0 aromatic heterocycles. The van der Waals surface area contributed by atoms with Gasteiger partial charge in [-0.1, -0.05) is 6.92 Å². The Morgan fingerprint density at radius 3 is 2.58 bits per heavy atom. The van der Waals surface area contributed by atoms with Gasteiger partial charge in [-0.25, -0.2) is 0 Å². The third-order valence-electron chi connectivity index (χ3n) is 4.52. The van der Waals surface area contributed by atoms with Crippen LogP contribution in [0.3, 0.4) is 0 Å². The number of carbonyl (C=O) groups is 2. The van der Waals surface area contributed by atoms with Gasteiger partial charge in [-0.2, -0.15) is 0 Å². The van der Waals surface area contributed by atoms with E-state index in [1.807, 2.05) is 6.92 Å². The van der Waals surface area contributed by atoms with Crippen LogP contribution in [0, 0.1) is 5.41 Å². The molecule has 2 rings (SSSR count). The van der Waals surface area contributed by atoms with Crippen molar-refractivity contribution in [1.29, 1.82) is 0 Å². The molecule has 2 saturated heterocycles. The van der Waals surface area contributed by atoms with Gasteiger partial charge in [0.15, 0.2) is 0 Å². The zero-order valence-electron chi connectivity index (χ0n) is 11.4. The fourth-order valence-corrected chi connectivity index (χ4v) is 2.95. The van der Waals surface area contributed by atoms with Gasteiger partial charge in [0.25, 0.3) is 0 Å². The van der Waals surface area contributed by atoms with Crippen LogP contribution in [0.25, 0.3) is 0 Å². The number of nitrogens with zero attached hydrogens (tertiary/aromatic N) is 1. The number of amides is 2. The number of hydrogen-bond acceptors (Lipinski definition) is 4. The molecule has 2 unspecified atom stereocenters. The zero-order valence-corrected chi connectivity index (χ0v) is 11.4. The summed E-state index contributed by atoms with van der Waals surface area (Å²) in [5.74, 6) is -0.583. The monoisotopic (exact) mass is 269 g/mol. The van der Waals surface area contributed by atoms with Crippen LogP contribution in [-0.2, 0) is 14.3 Å². The second kappa shape index (κ2) is 5.46. The van der Waals surface area contributed by atoms with Crippen LogP contribution >= 0.6 is 0 Å². The lowest BCUT2D eigenvalue weighted by atomic mass is 9.75. The van der Waals surface area contributed by atoms with Gasteiger partial charge in [-0.15, -0.1) is 0 Å². The average Bonchev–Trinajstić information content (AvgIpc) is 2.87. The number of likely N-dealkylation sites (tertiary alicyclic amines) is 1. The highest BCUT2D eigenvalue weighted by molar-refractivity contribution is 5.90. The predicted octanol–water partition coefficient (Wildman–Crippen LogP) is -0.393. The van der Waals surface area contributed by atoms with Gasteiger partial charge in [0.05, 0.1) is 6.04 Å². The Morgan fingerprint density at radius 1 is 1.37 bits per heavy atom. The highest BCUT2D eigenvalue weighted by atomic mass is 16.5. The predicted molar refractivity (Wildman–Crippen MR) is 70.1 cm³/mol. The van der Waals surface area contributed by atoms with Crippen LogP contribution in [0.1, 0.15) is 32.6 Å². The molecule has 0 bridgehead atoms. The average molecular weight is 269 g/mol. The van der Waals surface area contributed by atoms with Crippen molar-refractivity contribution in [3.8, 4) is 0 Å². The summed E-state index contributed by atoms with van der Waals surface area (Å²) >= 11 is 0. The molecule has 0 radical (unpaired) electrons. The van der Waals surface area contributed by atoms with Crippen LogP contribution in [-0.4, -0.2) is 48.6 Å². The van der Waals surface area contributed by atoms with Crippen LogP contribution in [0.2, 0.25) is 0 Å². The number of rotatable bonds is 3. The maximum atomic E-state index is 12.5. The van der Waals surface area contributed by atoms with E-state index in [0.29, 0.717) is 26.2 Å². The molecule has 108 valence electrons. The van der Waals surface area contributed by atoms with Crippen molar-refractivity contribution in [2.75, 3.05) is 19.8 Å². The van der Waals surface area contributed by atoms with Crippen molar-refractivity contribution < 1.29 is 14.3 Å². The summed E-state index contributed by atoms with van der Waals surface area (Å²) in [5.41, 5.74) is 11.3. The second-order valence-corrected chi connectivity index (χ2v) is 5.84. The SMILES string of the molecule is CC1(C(N)C(=O)N2CCCC2C(N)=O)CCOCC1. The molecule has 6 nitrogen and oxygen atoms in total. The first-order valence-corrected chi connectivity index (χ1v) is 6.89. The topological polar surface area (TPSA) is 98.7 Å². The lowest BCUT2D eigenvalue weighted by molar-refractivity contribution is -0.142. The summed E-state index contributed by atoms with van der Waals surface area (Å²) in [6.07, 6.45) is 3.00. The Balaban J connectivity index is 2.08. The normalized spacial score (nSPS) is 28.1. The smallest absolute Gasteiger partial charge is 0.240 e. The highest BCUT2D eigenvalue weighted by Gasteiger charge is 2.43. The van der Waals surface area contributed by atoms with Gasteiger partial charge in [0, 0.05) is 19.8 Å². The summed E-state index contributed by atoms with van der Waals surface area (Å²) in [4.78, 5) is 25.4. The Hall–Kier alpha value is -1.14. The molecule has 0 aliphatic carbocycles. The summed E-state index contributed by atoms with van der Waals surface area (Å²) in [7, 11) is 0. The van der Waals surface area contributed by atoms with E-state index in [2.05, 4.69) is 0 Å². The van der Waals surface area contributed by atoms with Crippen LogP contribution in [0.4, 0.5) is 0 Å². The Morgan fingerprint density at radius 2 is 2.00 bits per heavy atom. The van der Waals surface area contributed by atoms with Crippen molar-refractivity contribution in [2.24, 2.45) is 16.9 Å². The van der Waals surface area contributed by atoms with E-state index in [1.54, 1.807) is 4.90 Å². The third-order valence-corrected chi connectivity index (χ3v) is 4.52. The van der Waals surface area contributed by atoms with Gasteiger partial charge in [-0.3, -0.25) is 9.59 Å². The molecule has 2 aliphatic rings. The largest absolute Gasteiger partial charge is 0.381 e. The van der Waals surface area contributed by atoms with E-state index in [4.69, 9.17) is 16.2 Å². The van der Waals surface area contributed by atoms with Crippen molar-refractivity contribution in [3.63, 3.8) is 0 Å². The molecule has 0 aromatic rings. The molecule has 6 heteroatoms. The zero-order chi connectivity index (χ0) is 14.0. The molecule has 2 heterocycles. The summed E-state index contributed by atoms with van der Waals surface area (Å²) in [5, 5.41) is 0. The molecule has 4 N–H and O–H groups in total. The first-order valence-electron chi connectivity index (χ1n) is 6.89. The minimum Gasteiger partial charge on any atom is -0.381 e. The lowest BCUT2D eigenvalue weighted by Gasteiger charge is -2.39. The third kappa shape index (κ3) is 2.74. The molecule has 0 saturated carbocycles. The molecule has 2 amide bonds. The molecular weight excluding hydrogens is 246 g/mol. The van der Waals surface area contributed by atoms with Gasteiger partial charge in [0.1, 0.15) is 6.04 Å². The fraction of sp³-hybridized carbons (Fsp3) is 0.846. The lowest BCUT2D eigenvalue weighted by Crippen LogP contribution is -2.56. The first kappa shape index (κ1) is 14.3. The number of primary amides is 1. The van der Waals surface area contributed by atoms with Crippen molar-refractivity contribution >= 4 is 11.8 Å². The Labute approximate surface area is 113 Å². The second-order valence-electron chi connectivity index (χ2n) is 5.84. The van der Waals surface area contributed by atoms with E-state index in [9.17, 15) is 9.59 Å². The van der Waals surface area contributed by atoms with Gasteiger partial charge >= 0.3 is 0 Å².